The number of sulfonamides is 1. The van der Waals surface area contributed by atoms with Gasteiger partial charge in [-0.2, -0.15) is 0 Å². The number of anilines is 1. The Kier molecular flexibility index (Phi) is 7.57. The molecule has 0 heterocycles. The van der Waals surface area contributed by atoms with E-state index in [2.05, 4.69) is 5.32 Å². The van der Waals surface area contributed by atoms with Crippen molar-refractivity contribution >= 4 is 44.8 Å². The van der Waals surface area contributed by atoms with Crippen LogP contribution in [0.1, 0.15) is 18.9 Å². The maximum absolute atomic E-state index is 12.9. The number of halogens is 2. The van der Waals surface area contributed by atoms with E-state index >= 15 is 0 Å². The van der Waals surface area contributed by atoms with Gasteiger partial charge in [0, 0.05) is 16.6 Å². The number of benzene rings is 2. The molecule has 0 bridgehead atoms. The molecular weight excluding hydrogens is 423 g/mol. The molecule has 2 rings (SSSR count). The van der Waals surface area contributed by atoms with E-state index in [0.717, 1.165) is 16.1 Å². The molecule has 0 radical (unpaired) electrons. The van der Waals surface area contributed by atoms with E-state index in [9.17, 15) is 13.2 Å². The Labute approximate surface area is 175 Å². The maximum atomic E-state index is 12.9. The van der Waals surface area contributed by atoms with Gasteiger partial charge in [-0.1, -0.05) is 48.3 Å². The van der Waals surface area contributed by atoms with Gasteiger partial charge in [0.2, 0.25) is 15.9 Å². The molecule has 9 heteroatoms. The second kappa shape index (κ2) is 9.49. The molecule has 0 aliphatic carbocycles. The lowest BCUT2D eigenvalue weighted by Gasteiger charge is -2.31. The van der Waals surface area contributed by atoms with E-state index in [1.807, 2.05) is 6.07 Å². The molecule has 1 atom stereocenters. The summed E-state index contributed by atoms with van der Waals surface area (Å²) in [6.45, 7) is 1.91. The molecule has 152 valence electrons. The third kappa shape index (κ3) is 5.31. The number of hydrogen-bond acceptors (Lipinski definition) is 4. The van der Waals surface area contributed by atoms with Crippen molar-refractivity contribution in [3.63, 3.8) is 0 Å². The van der Waals surface area contributed by atoms with Crippen LogP contribution >= 0.6 is 23.2 Å². The first-order valence-electron chi connectivity index (χ1n) is 8.53. The predicted molar refractivity (Wildman–Crippen MR) is 113 cm³/mol. The monoisotopic (exact) mass is 444 g/mol. The lowest BCUT2D eigenvalue weighted by Crippen LogP contribution is -2.49. The van der Waals surface area contributed by atoms with Gasteiger partial charge in [0.15, 0.2) is 0 Å². The molecule has 0 saturated heterocycles. The zero-order valence-corrected chi connectivity index (χ0v) is 18.1. The summed E-state index contributed by atoms with van der Waals surface area (Å²) >= 11 is 12.2. The molecule has 2 aromatic rings. The van der Waals surface area contributed by atoms with Crippen molar-refractivity contribution in [3.05, 3.63) is 58.1 Å². The summed E-state index contributed by atoms with van der Waals surface area (Å²) in [5.41, 5.74) is 0.941. The number of methoxy groups -OCH3 is 1. The summed E-state index contributed by atoms with van der Waals surface area (Å²) in [6.07, 6.45) is 1.29. The summed E-state index contributed by atoms with van der Waals surface area (Å²) in [4.78, 5) is 12.9. The number of hydrogen-bond donors (Lipinski definition) is 1. The summed E-state index contributed by atoms with van der Waals surface area (Å²) in [5.74, 6) is -0.151. The van der Waals surface area contributed by atoms with Crippen LogP contribution in [0.3, 0.4) is 0 Å². The minimum absolute atomic E-state index is 0.180. The molecule has 0 saturated carbocycles. The van der Waals surface area contributed by atoms with Gasteiger partial charge in [0.25, 0.3) is 0 Å². The lowest BCUT2D eigenvalue weighted by atomic mass is 10.1. The highest BCUT2D eigenvalue weighted by atomic mass is 35.5. The van der Waals surface area contributed by atoms with Gasteiger partial charge in [-0.15, -0.1) is 0 Å². The Balaban J connectivity index is 2.37. The third-order valence-corrected chi connectivity index (χ3v) is 5.89. The minimum atomic E-state index is -3.81. The van der Waals surface area contributed by atoms with Crippen molar-refractivity contribution in [3.8, 4) is 5.75 Å². The molecule has 6 nitrogen and oxygen atoms in total. The van der Waals surface area contributed by atoms with E-state index in [-0.39, 0.29) is 18.7 Å². The summed E-state index contributed by atoms with van der Waals surface area (Å²) in [5, 5.41) is 3.61. The van der Waals surface area contributed by atoms with Gasteiger partial charge < -0.3 is 10.1 Å². The van der Waals surface area contributed by atoms with Crippen LogP contribution in [0.25, 0.3) is 0 Å². The van der Waals surface area contributed by atoms with E-state index < -0.39 is 22.0 Å². The zero-order valence-electron chi connectivity index (χ0n) is 15.8. The van der Waals surface area contributed by atoms with Crippen molar-refractivity contribution in [1.82, 2.24) is 5.32 Å². The molecule has 1 unspecified atom stereocenters. The fourth-order valence-corrected chi connectivity index (χ4v) is 4.39. The van der Waals surface area contributed by atoms with Crippen LogP contribution < -0.4 is 14.4 Å². The Morgan fingerprint density at radius 2 is 1.89 bits per heavy atom. The van der Waals surface area contributed by atoms with Gasteiger partial charge in [0.05, 0.1) is 19.1 Å². The average molecular weight is 445 g/mol. The van der Waals surface area contributed by atoms with E-state index in [0.29, 0.717) is 15.8 Å². The van der Waals surface area contributed by atoms with Crippen molar-refractivity contribution in [1.29, 1.82) is 0 Å². The molecule has 2 aromatic carbocycles. The number of ether oxygens (including phenoxy) is 1. The van der Waals surface area contributed by atoms with Crippen molar-refractivity contribution in [2.24, 2.45) is 0 Å². The first kappa shape index (κ1) is 22.3. The van der Waals surface area contributed by atoms with Crippen LogP contribution in [0.4, 0.5) is 5.69 Å². The number of carbonyl (C=O) groups excluding carboxylic acids is 1. The second-order valence-corrected chi connectivity index (χ2v) is 8.81. The summed E-state index contributed by atoms with van der Waals surface area (Å²) < 4.78 is 31.5. The topological polar surface area (TPSA) is 75.7 Å². The predicted octanol–water partition coefficient (Wildman–Crippen LogP) is 3.86. The highest BCUT2D eigenvalue weighted by Gasteiger charge is 2.33. The largest absolute Gasteiger partial charge is 0.495 e. The van der Waals surface area contributed by atoms with Crippen LogP contribution in [0, 0.1) is 0 Å². The highest BCUT2D eigenvalue weighted by molar-refractivity contribution is 7.92. The van der Waals surface area contributed by atoms with Crippen LogP contribution in [-0.2, 0) is 21.4 Å². The highest BCUT2D eigenvalue weighted by Crippen LogP contribution is 2.34. The third-order valence-electron chi connectivity index (χ3n) is 4.12. The SMILES string of the molecule is CCC(C(=O)NCc1ccccc1Cl)N(c1cc(Cl)ccc1OC)S(C)(=O)=O. The Morgan fingerprint density at radius 1 is 1.21 bits per heavy atom. The Hall–Kier alpha value is -1.96. The van der Waals surface area contributed by atoms with Crippen molar-refractivity contribution in [2.45, 2.75) is 25.9 Å². The van der Waals surface area contributed by atoms with Crippen molar-refractivity contribution < 1.29 is 17.9 Å². The first-order valence-corrected chi connectivity index (χ1v) is 11.1. The number of nitrogens with one attached hydrogen (secondary N) is 1. The molecule has 0 fully saturated rings. The first-order chi connectivity index (χ1) is 13.2. The minimum Gasteiger partial charge on any atom is -0.495 e. The fourth-order valence-electron chi connectivity index (χ4n) is 2.81. The molecular formula is C19H22Cl2N2O4S. The quantitative estimate of drug-likeness (QED) is 0.670. The molecule has 1 N–H and O–H groups in total. The van der Waals surface area contributed by atoms with Gasteiger partial charge in [-0.05, 0) is 36.2 Å². The summed E-state index contributed by atoms with van der Waals surface area (Å²) in [6, 6.07) is 10.7. The Bertz CT molecular complexity index is 951. The zero-order chi connectivity index (χ0) is 20.9. The molecule has 1 amide bonds. The number of rotatable bonds is 8. The van der Waals surface area contributed by atoms with E-state index in [1.54, 1.807) is 37.3 Å². The van der Waals surface area contributed by atoms with Gasteiger partial charge in [-0.25, -0.2) is 8.42 Å². The molecule has 0 aliphatic heterocycles. The van der Waals surface area contributed by atoms with Gasteiger partial charge >= 0.3 is 0 Å². The maximum Gasteiger partial charge on any atom is 0.244 e. The van der Waals surface area contributed by atoms with E-state index in [1.165, 1.54) is 13.2 Å². The normalized spacial score (nSPS) is 12.3. The molecule has 0 aliphatic rings. The van der Waals surface area contributed by atoms with E-state index in [4.69, 9.17) is 27.9 Å². The number of nitrogens with zero attached hydrogens (tertiary/aromatic N) is 1. The van der Waals surface area contributed by atoms with Crippen LogP contribution in [0.2, 0.25) is 10.0 Å². The van der Waals surface area contributed by atoms with Crippen LogP contribution in [-0.4, -0.2) is 33.7 Å². The average Bonchev–Trinajstić information content (AvgIpc) is 2.64. The number of carbonyl (C=O) groups is 1. The lowest BCUT2D eigenvalue weighted by molar-refractivity contribution is -0.122. The van der Waals surface area contributed by atoms with Gasteiger partial charge in [-0.3, -0.25) is 9.10 Å². The standard InChI is InChI=1S/C19H22Cl2N2O4S/c1-4-16(19(24)22-12-13-7-5-6-8-15(13)21)23(28(3,25)26)17-11-14(20)9-10-18(17)27-2/h5-11,16H,4,12H2,1-3H3,(H,22,24). The van der Waals surface area contributed by atoms with Gasteiger partial charge in [0.1, 0.15) is 11.8 Å². The molecule has 0 aromatic heterocycles. The van der Waals surface area contributed by atoms with Crippen LogP contribution in [0.5, 0.6) is 5.75 Å². The fraction of sp³-hybridized carbons (Fsp3) is 0.316. The van der Waals surface area contributed by atoms with Crippen molar-refractivity contribution in [2.75, 3.05) is 17.7 Å². The van der Waals surface area contributed by atoms with Crippen LogP contribution in [0.15, 0.2) is 42.5 Å². The summed E-state index contributed by atoms with van der Waals surface area (Å²) in [7, 11) is -2.38. The second-order valence-electron chi connectivity index (χ2n) is 6.11. The number of amides is 1. The molecule has 0 spiro atoms. The molecule has 28 heavy (non-hydrogen) atoms. The smallest absolute Gasteiger partial charge is 0.244 e. The Morgan fingerprint density at radius 3 is 2.46 bits per heavy atom.